The highest BCUT2D eigenvalue weighted by Crippen LogP contribution is 2.33. The number of alkyl halides is 3. The van der Waals surface area contributed by atoms with E-state index in [4.69, 9.17) is 4.42 Å². The predicted octanol–water partition coefficient (Wildman–Crippen LogP) is 4.05. The first kappa shape index (κ1) is 21.3. The molecule has 8 nitrogen and oxygen atoms in total. The maximum atomic E-state index is 12.4. The molecule has 1 saturated heterocycles. The molecule has 1 fully saturated rings. The number of halogens is 3. The monoisotopic (exact) mass is 446 g/mol. The number of amides is 2. The van der Waals surface area contributed by atoms with Crippen LogP contribution in [0.4, 0.5) is 24.9 Å². The highest BCUT2D eigenvalue weighted by atomic mass is 19.4. The van der Waals surface area contributed by atoms with Crippen LogP contribution in [0.25, 0.3) is 0 Å². The fraction of sp³-hybridized carbons (Fsp3) is 0.238. The Hall–Kier alpha value is -3.89. The van der Waals surface area contributed by atoms with Crippen LogP contribution in [0.15, 0.2) is 52.9 Å². The number of nitrogens with one attached hydrogen (secondary N) is 1. The Morgan fingerprint density at radius 1 is 1.19 bits per heavy atom. The van der Waals surface area contributed by atoms with E-state index in [1.54, 1.807) is 18.2 Å². The number of carbonyl (C=O) groups excluding carboxylic acids is 2. The second-order valence-electron chi connectivity index (χ2n) is 7.22. The van der Waals surface area contributed by atoms with Crippen molar-refractivity contribution < 1.29 is 31.9 Å². The quantitative estimate of drug-likeness (QED) is 0.635. The van der Waals surface area contributed by atoms with E-state index < -0.39 is 18.2 Å². The van der Waals surface area contributed by atoms with Gasteiger partial charge in [0.2, 0.25) is 11.8 Å². The van der Waals surface area contributed by atoms with Crippen molar-refractivity contribution in [2.24, 2.45) is 0 Å². The number of aryl methyl sites for hydroxylation is 1. The van der Waals surface area contributed by atoms with Gasteiger partial charge in [-0.3, -0.25) is 14.9 Å². The predicted molar refractivity (Wildman–Crippen MR) is 106 cm³/mol. The summed E-state index contributed by atoms with van der Waals surface area (Å²) in [6, 6.07) is 11.9. The molecule has 0 aliphatic carbocycles. The second-order valence-corrected chi connectivity index (χ2v) is 7.22. The van der Waals surface area contributed by atoms with Crippen molar-refractivity contribution in [3.8, 4) is 5.75 Å². The summed E-state index contributed by atoms with van der Waals surface area (Å²) in [5, 5.41) is 10.3. The molecule has 1 aliphatic rings. The molecule has 1 N–H and O–H groups in total. The van der Waals surface area contributed by atoms with Crippen LogP contribution in [0.5, 0.6) is 5.75 Å². The number of anilines is 2. The van der Waals surface area contributed by atoms with Gasteiger partial charge < -0.3 is 14.1 Å². The number of hydrogen-bond donors (Lipinski definition) is 1. The van der Waals surface area contributed by atoms with Crippen molar-refractivity contribution in [1.29, 1.82) is 0 Å². The van der Waals surface area contributed by atoms with Crippen LogP contribution in [0.2, 0.25) is 0 Å². The zero-order chi connectivity index (χ0) is 22.9. The minimum Gasteiger partial charge on any atom is -0.407 e. The van der Waals surface area contributed by atoms with Gasteiger partial charge in [0.05, 0.1) is 5.92 Å². The Labute approximate surface area is 180 Å². The molecule has 166 valence electrons. The van der Waals surface area contributed by atoms with Gasteiger partial charge in [-0.1, -0.05) is 22.8 Å². The van der Waals surface area contributed by atoms with E-state index in [1.165, 1.54) is 17.0 Å². The van der Waals surface area contributed by atoms with Crippen LogP contribution in [0.1, 0.15) is 34.2 Å². The van der Waals surface area contributed by atoms with E-state index in [-0.39, 0.29) is 36.5 Å². The lowest BCUT2D eigenvalue weighted by Gasteiger charge is -2.17. The maximum absolute atomic E-state index is 12.4. The Kier molecular flexibility index (Phi) is 5.56. The van der Waals surface area contributed by atoms with Crippen LogP contribution in [0, 0.1) is 6.92 Å². The highest BCUT2D eigenvalue weighted by Gasteiger charge is 2.35. The highest BCUT2D eigenvalue weighted by molar-refractivity contribution is 6.03. The minimum atomic E-state index is -4.79. The molecule has 11 heteroatoms. The summed E-state index contributed by atoms with van der Waals surface area (Å²) in [5.41, 5.74) is 1.77. The van der Waals surface area contributed by atoms with Crippen molar-refractivity contribution in [2.75, 3.05) is 16.8 Å². The van der Waals surface area contributed by atoms with Gasteiger partial charge in [-0.2, -0.15) is 0 Å². The first-order valence-corrected chi connectivity index (χ1v) is 9.55. The summed E-state index contributed by atoms with van der Waals surface area (Å²) >= 11 is 0. The number of rotatable bonds is 5. The molecule has 0 bridgehead atoms. The van der Waals surface area contributed by atoms with Crippen LogP contribution in [-0.2, 0) is 4.79 Å². The van der Waals surface area contributed by atoms with Crippen LogP contribution >= 0.6 is 0 Å². The number of nitrogens with zero attached hydrogens (tertiary/aromatic N) is 3. The fourth-order valence-electron chi connectivity index (χ4n) is 3.36. The second kappa shape index (κ2) is 8.33. The Balaban J connectivity index is 1.41. The van der Waals surface area contributed by atoms with Gasteiger partial charge in [0.15, 0.2) is 0 Å². The van der Waals surface area contributed by atoms with Crippen molar-refractivity contribution in [3.63, 3.8) is 0 Å². The molecule has 3 aromatic rings. The largest absolute Gasteiger partial charge is 0.573 e. The summed E-state index contributed by atoms with van der Waals surface area (Å²) in [6.07, 6.45) is -4.71. The molecule has 0 saturated carbocycles. The van der Waals surface area contributed by atoms with Crippen LogP contribution in [-0.4, -0.2) is 34.9 Å². The molecule has 0 radical (unpaired) electrons. The zero-order valence-electron chi connectivity index (χ0n) is 16.7. The van der Waals surface area contributed by atoms with Gasteiger partial charge in [-0.15, -0.1) is 18.3 Å². The van der Waals surface area contributed by atoms with E-state index >= 15 is 0 Å². The lowest BCUT2D eigenvalue weighted by molar-refractivity contribution is -0.274. The molecule has 0 unspecified atom stereocenters. The van der Waals surface area contributed by atoms with E-state index in [0.717, 1.165) is 17.7 Å². The lowest BCUT2D eigenvalue weighted by Crippen LogP contribution is -2.24. The number of ether oxygens (including phenoxy) is 1. The standard InChI is InChI=1S/C21H17F3N4O4/c1-12-3-2-4-13(9-12)18(30)25-20-27-26-19(31-20)14-10-17(29)28(11-14)15-5-7-16(8-6-15)32-21(22,23)24/h2-9,14H,10-11H2,1H3,(H,25,27,30)/t14-/m0/s1. The molecule has 0 spiro atoms. The van der Waals surface area contributed by atoms with Crippen LogP contribution < -0.4 is 15.0 Å². The third kappa shape index (κ3) is 4.88. The molecule has 2 amide bonds. The Bertz CT molecular complexity index is 1140. The molecule has 2 heterocycles. The first-order chi connectivity index (χ1) is 15.2. The lowest BCUT2D eigenvalue weighted by atomic mass is 10.1. The molecular weight excluding hydrogens is 429 g/mol. The molecule has 2 aromatic carbocycles. The molecular formula is C21H17F3N4O4. The summed E-state index contributed by atoms with van der Waals surface area (Å²) in [6.45, 7) is 2.06. The summed E-state index contributed by atoms with van der Waals surface area (Å²) in [5.74, 6) is -1.28. The topological polar surface area (TPSA) is 97.6 Å². The third-order valence-corrected chi connectivity index (χ3v) is 4.80. The molecule has 32 heavy (non-hydrogen) atoms. The number of carbonyl (C=O) groups is 2. The zero-order valence-corrected chi connectivity index (χ0v) is 16.7. The van der Waals surface area contributed by atoms with Gasteiger partial charge in [0.1, 0.15) is 5.75 Å². The van der Waals surface area contributed by atoms with E-state index in [0.29, 0.717) is 11.3 Å². The van der Waals surface area contributed by atoms with Gasteiger partial charge in [0.25, 0.3) is 5.91 Å². The summed E-state index contributed by atoms with van der Waals surface area (Å²) < 4.78 is 46.3. The Morgan fingerprint density at radius 2 is 1.94 bits per heavy atom. The number of hydrogen-bond acceptors (Lipinski definition) is 6. The smallest absolute Gasteiger partial charge is 0.407 e. The van der Waals surface area contributed by atoms with Crippen LogP contribution in [0.3, 0.4) is 0 Å². The van der Waals surface area contributed by atoms with Crippen molar-refractivity contribution >= 4 is 23.5 Å². The van der Waals surface area contributed by atoms with Crippen molar-refractivity contribution in [3.05, 3.63) is 65.5 Å². The van der Waals surface area contributed by atoms with Gasteiger partial charge in [-0.05, 0) is 43.3 Å². The summed E-state index contributed by atoms with van der Waals surface area (Å²) in [4.78, 5) is 26.2. The molecule has 4 rings (SSSR count). The van der Waals surface area contributed by atoms with E-state index in [9.17, 15) is 22.8 Å². The first-order valence-electron chi connectivity index (χ1n) is 9.55. The SMILES string of the molecule is Cc1cccc(C(=O)Nc2nnc([C@H]3CC(=O)N(c4ccc(OC(F)(F)F)cc4)C3)o2)c1. The van der Waals surface area contributed by atoms with E-state index in [2.05, 4.69) is 20.3 Å². The maximum Gasteiger partial charge on any atom is 0.573 e. The average molecular weight is 446 g/mol. The van der Waals surface area contributed by atoms with E-state index in [1.807, 2.05) is 13.0 Å². The van der Waals surface area contributed by atoms with Crippen molar-refractivity contribution in [2.45, 2.75) is 25.6 Å². The molecule has 1 aliphatic heterocycles. The van der Waals surface area contributed by atoms with Gasteiger partial charge in [-0.25, -0.2) is 0 Å². The molecule has 1 atom stereocenters. The van der Waals surface area contributed by atoms with Crippen molar-refractivity contribution in [1.82, 2.24) is 10.2 Å². The summed E-state index contributed by atoms with van der Waals surface area (Å²) in [7, 11) is 0. The van der Waals surface area contributed by atoms with Gasteiger partial charge >= 0.3 is 12.4 Å². The molecule has 1 aromatic heterocycles. The number of benzene rings is 2. The minimum absolute atomic E-state index is 0.0776. The third-order valence-electron chi connectivity index (χ3n) is 4.80. The van der Waals surface area contributed by atoms with Gasteiger partial charge in [0, 0.05) is 24.2 Å². The number of aromatic nitrogens is 2. The Morgan fingerprint density at radius 3 is 2.62 bits per heavy atom. The average Bonchev–Trinajstić information content (AvgIpc) is 3.34. The fourth-order valence-corrected chi connectivity index (χ4v) is 3.36. The normalized spacial score (nSPS) is 16.3.